The standard InChI is InChI=1S/C11H13N3O2S/c1-7(2)13(3)11-12-9-5-4-8(14(15)16)6-10(9)17-11/h4-7H,1-3H3. The molecule has 0 unspecified atom stereocenters. The molecule has 0 saturated heterocycles. The molecule has 1 aromatic carbocycles. The fourth-order valence-corrected chi connectivity index (χ4v) is 2.48. The molecule has 0 amide bonds. The minimum absolute atomic E-state index is 0.111. The molecule has 0 N–H and O–H groups in total. The fraction of sp³-hybridized carbons (Fsp3) is 0.364. The molecule has 0 aliphatic heterocycles. The highest BCUT2D eigenvalue weighted by Crippen LogP contribution is 2.31. The summed E-state index contributed by atoms with van der Waals surface area (Å²) in [6.07, 6.45) is 0. The highest BCUT2D eigenvalue weighted by Gasteiger charge is 2.13. The Morgan fingerprint density at radius 1 is 1.47 bits per heavy atom. The Morgan fingerprint density at radius 3 is 2.76 bits per heavy atom. The summed E-state index contributed by atoms with van der Waals surface area (Å²) in [5.41, 5.74) is 0.919. The molecular formula is C11H13N3O2S. The number of non-ortho nitro benzene ring substituents is 1. The van der Waals surface area contributed by atoms with E-state index in [2.05, 4.69) is 23.7 Å². The zero-order valence-electron chi connectivity index (χ0n) is 9.88. The second-order valence-corrected chi connectivity index (χ2v) is 5.12. The predicted octanol–water partition coefficient (Wildman–Crippen LogP) is 3.05. The summed E-state index contributed by atoms with van der Waals surface area (Å²) in [4.78, 5) is 16.8. The summed E-state index contributed by atoms with van der Waals surface area (Å²) in [5.74, 6) is 0. The van der Waals surface area contributed by atoms with Crippen molar-refractivity contribution in [3.8, 4) is 0 Å². The first kappa shape index (κ1) is 11.8. The van der Waals surface area contributed by atoms with Gasteiger partial charge in [-0.15, -0.1) is 0 Å². The van der Waals surface area contributed by atoms with Gasteiger partial charge >= 0.3 is 0 Å². The number of fused-ring (bicyclic) bond motifs is 1. The number of benzene rings is 1. The molecule has 0 aliphatic rings. The molecule has 2 aromatic rings. The average molecular weight is 251 g/mol. The molecule has 6 heteroatoms. The maximum absolute atomic E-state index is 10.7. The highest BCUT2D eigenvalue weighted by molar-refractivity contribution is 7.22. The van der Waals surface area contributed by atoms with Gasteiger partial charge in [0.1, 0.15) is 0 Å². The van der Waals surface area contributed by atoms with E-state index in [1.165, 1.54) is 17.4 Å². The smallest absolute Gasteiger partial charge is 0.270 e. The molecule has 0 aliphatic carbocycles. The highest BCUT2D eigenvalue weighted by atomic mass is 32.1. The first-order chi connectivity index (χ1) is 7.99. The Morgan fingerprint density at radius 2 is 2.18 bits per heavy atom. The van der Waals surface area contributed by atoms with Crippen molar-refractivity contribution in [2.45, 2.75) is 19.9 Å². The van der Waals surface area contributed by atoms with Gasteiger partial charge in [0.15, 0.2) is 5.13 Å². The summed E-state index contributed by atoms with van der Waals surface area (Å²) in [5, 5.41) is 11.6. The van der Waals surface area contributed by atoms with Gasteiger partial charge in [0.2, 0.25) is 0 Å². The first-order valence-corrected chi connectivity index (χ1v) is 6.08. The van der Waals surface area contributed by atoms with Gasteiger partial charge in [-0.3, -0.25) is 10.1 Å². The van der Waals surface area contributed by atoms with Crippen LogP contribution in [0.2, 0.25) is 0 Å². The summed E-state index contributed by atoms with van der Waals surface area (Å²) in [6, 6.07) is 5.11. The van der Waals surface area contributed by atoms with Crippen LogP contribution in [0.3, 0.4) is 0 Å². The zero-order valence-corrected chi connectivity index (χ0v) is 10.7. The van der Waals surface area contributed by atoms with Crippen molar-refractivity contribution in [2.75, 3.05) is 11.9 Å². The Hall–Kier alpha value is -1.69. The van der Waals surface area contributed by atoms with Gasteiger partial charge in [-0.2, -0.15) is 0 Å². The third-order valence-corrected chi connectivity index (χ3v) is 3.76. The van der Waals surface area contributed by atoms with Gasteiger partial charge < -0.3 is 4.90 Å². The SMILES string of the molecule is CC(C)N(C)c1nc2ccc([N+](=O)[O-])cc2s1. The largest absolute Gasteiger partial charge is 0.349 e. The van der Waals surface area contributed by atoms with Gasteiger partial charge in [0, 0.05) is 25.2 Å². The molecule has 0 saturated carbocycles. The molecular weight excluding hydrogens is 238 g/mol. The van der Waals surface area contributed by atoms with Crippen LogP contribution >= 0.6 is 11.3 Å². The van der Waals surface area contributed by atoms with E-state index in [-0.39, 0.29) is 10.6 Å². The third-order valence-electron chi connectivity index (χ3n) is 2.65. The minimum atomic E-state index is -0.384. The number of nitro groups is 1. The lowest BCUT2D eigenvalue weighted by atomic mass is 10.3. The zero-order chi connectivity index (χ0) is 12.6. The number of nitro benzene ring substituents is 1. The van der Waals surface area contributed by atoms with Gasteiger partial charge in [0.05, 0.1) is 15.1 Å². The number of anilines is 1. The molecule has 2 rings (SSSR count). The molecule has 0 atom stereocenters. The number of rotatable bonds is 3. The van der Waals surface area contributed by atoms with E-state index in [1.54, 1.807) is 12.1 Å². The molecule has 0 spiro atoms. The quantitative estimate of drug-likeness (QED) is 0.621. The lowest BCUT2D eigenvalue weighted by Gasteiger charge is -2.19. The summed E-state index contributed by atoms with van der Waals surface area (Å²) >= 11 is 1.48. The normalized spacial score (nSPS) is 11.1. The van der Waals surface area contributed by atoms with Crippen LogP contribution in [0.1, 0.15) is 13.8 Å². The summed E-state index contributed by atoms with van der Waals surface area (Å²) in [7, 11) is 1.97. The fourth-order valence-electron chi connectivity index (χ4n) is 1.39. The minimum Gasteiger partial charge on any atom is -0.349 e. The van der Waals surface area contributed by atoms with E-state index < -0.39 is 0 Å². The molecule has 0 fully saturated rings. The maximum Gasteiger partial charge on any atom is 0.270 e. The van der Waals surface area contributed by atoms with Gasteiger partial charge in [-0.25, -0.2) is 4.98 Å². The predicted molar refractivity (Wildman–Crippen MR) is 69.8 cm³/mol. The van der Waals surface area contributed by atoms with E-state index in [9.17, 15) is 10.1 Å². The number of hydrogen-bond donors (Lipinski definition) is 0. The molecule has 0 radical (unpaired) electrons. The Kier molecular flexibility index (Phi) is 2.97. The lowest BCUT2D eigenvalue weighted by molar-refractivity contribution is -0.384. The van der Waals surface area contributed by atoms with Gasteiger partial charge in [-0.1, -0.05) is 11.3 Å². The van der Waals surface area contributed by atoms with E-state index in [4.69, 9.17) is 0 Å². The van der Waals surface area contributed by atoms with Crippen molar-refractivity contribution in [3.63, 3.8) is 0 Å². The second kappa shape index (κ2) is 4.29. The molecule has 5 nitrogen and oxygen atoms in total. The van der Waals surface area contributed by atoms with Crippen molar-refractivity contribution in [1.82, 2.24) is 4.98 Å². The molecule has 1 heterocycles. The monoisotopic (exact) mass is 251 g/mol. The molecule has 0 bridgehead atoms. The number of nitrogens with zero attached hydrogens (tertiary/aromatic N) is 3. The van der Waals surface area contributed by atoms with Crippen molar-refractivity contribution in [2.24, 2.45) is 0 Å². The Labute approximate surface area is 103 Å². The van der Waals surface area contributed by atoms with Crippen LogP contribution in [0.4, 0.5) is 10.8 Å². The van der Waals surface area contributed by atoms with Crippen molar-refractivity contribution in [3.05, 3.63) is 28.3 Å². The van der Waals surface area contributed by atoms with Crippen LogP contribution in [0.25, 0.3) is 10.2 Å². The van der Waals surface area contributed by atoms with E-state index in [1.807, 2.05) is 7.05 Å². The van der Waals surface area contributed by atoms with Crippen molar-refractivity contribution >= 4 is 32.4 Å². The van der Waals surface area contributed by atoms with Crippen LogP contribution in [0.15, 0.2) is 18.2 Å². The van der Waals surface area contributed by atoms with E-state index >= 15 is 0 Å². The Balaban J connectivity index is 2.47. The topological polar surface area (TPSA) is 59.3 Å². The van der Waals surface area contributed by atoms with Crippen molar-refractivity contribution < 1.29 is 4.92 Å². The van der Waals surface area contributed by atoms with Gasteiger partial charge in [0.25, 0.3) is 5.69 Å². The number of aromatic nitrogens is 1. The van der Waals surface area contributed by atoms with Gasteiger partial charge in [-0.05, 0) is 19.9 Å². The lowest BCUT2D eigenvalue weighted by Crippen LogP contribution is -2.25. The second-order valence-electron chi connectivity index (χ2n) is 4.11. The summed E-state index contributed by atoms with van der Waals surface area (Å²) in [6.45, 7) is 4.16. The Bertz CT molecular complexity index is 565. The average Bonchev–Trinajstić information content (AvgIpc) is 2.69. The van der Waals surface area contributed by atoms with Crippen LogP contribution in [0, 0.1) is 10.1 Å². The third kappa shape index (κ3) is 2.21. The summed E-state index contributed by atoms with van der Waals surface area (Å²) < 4.78 is 0.849. The van der Waals surface area contributed by atoms with E-state index in [0.717, 1.165) is 15.3 Å². The first-order valence-electron chi connectivity index (χ1n) is 5.27. The van der Waals surface area contributed by atoms with Crippen LogP contribution in [-0.4, -0.2) is 23.0 Å². The molecule has 90 valence electrons. The number of thiazole rings is 1. The number of hydrogen-bond acceptors (Lipinski definition) is 5. The molecule has 17 heavy (non-hydrogen) atoms. The molecule has 1 aromatic heterocycles. The van der Waals surface area contributed by atoms with Crippen LogP contribution < -0.4 is 4.90 Å². The van der Waals surface area contributed by atoms with Crippen LogP contribution in [0.5, 0.6) is 0 Å². The maximum atomic E-state index is 10.7. The van der Waals surface area contributed by atoms with E-state index in [0.29, 0.717) is 6.04 Å². The van der Waals surface area contributed by atoms with Crippen molar-refractivity contribution in [1.29, 1.82) is 0 Å². The van der Waals surface area contributed by atoms with Crippen LogP contribution in [-0.2, 0) is 0 Å².